The van der Waals surface area contributed by atoms with Crippen LogP contribution in [0.25, 0.3) is 0 Å². The summed E-state index contributed by atoms with van der Waals surface area (Å²) in [7, 11) is 0. The van der Waals surface area contributed by atoms with Crippen LogP contribution in [0.3, 0.4) is 0 Å². The lowest BCUT2D eigenvalue weighted by Gasteiger charge is -2.42. The summed E-state index contributed by atoms with van der Waals surface area (Å²) >= 11 is 0. The van der Waals surface area contributed by atoms with E-state index in [2.05, 4.69) is 0 Å². The summed E-state index contributed by atoms with van der Waals surface area (Å²) < 4.78 is 29.1. The zero-order chi connectivity index (χ0) is 19.3. The third-order valence-corrected chi connectivity index (χ3v) is 4.61. The maximum atomic E-state index is 11.7. The van der Waals surface area contributed by atoms with Gasteiger partial charge in [-0.15, -0.1) is 0 Å². The van der Waals surface area contributed by atoms with Gasteiger partial charge in [-0.3, -0.25) is 4.79 Å². The smallest absolute Gasteiger partial charge is 0.303 e. The molecule has 0 aromatic heterocycles. The standard InChI is InChI=1S/C22H22O6/c1-15(23)27-20-18(24-12-16-8-4-2-5-9-16)13-25-19-14-26-22(28-21(19)20)17-10-6-3-7-11-17/h2-11,13,19-22H,12,14H2,1H3/t19-,20-,21-,22-/m1/s1. The van der Waals surface area contributed by atoms with E-state index in [1.807, 2.05) is 60.7 Å². The number of hydrogen-bond acceptors (Lipinski definition) is 6. The minimum Gasteiger partial charge on any atom is -0.489 e. The van der Waals surface area contributed by atoms with Crippen molar-refractivity contribution in [1.29, 1.82) is 0 Å². The van der Waals surface area contributed by atoms with Crippen LogP contribution in [0, 0.1) is 0 Å². The molecule has 1 saturated heterocycles. The van der Waals surface area contributed by atoms with Gasteiger partial charge in [0.05, 0.1) is 6.61 Å². The summed E-state index contributed by atoms with van der Waals surface area (Å²) in [6, 6.07) is 19.4. The van der Waals surface area contributed by atoms with Crippen molar-refractivity contribution >= 4 is 5.97 Å². The molecule has 0 aliphatic carbocycles. The minimum atomic E-state index is -0.699. The second kappa shape index (κ2) is 8.46. The van der Waals surface area contributed by atoms with E-state index in [1.165, 1.54) is 13.2 Å². The van der Waals surface area contributed by atoms with Crippen molar-refractivity contribution in [3.05, 3.63) is 83.8 Å². The molecule has 28 heavy (non-hydrogen) atoms. The van der Waals surface area contributed by atoms with Gasteiger partial charge in [0, 0.05) is 12.5 Å². The molecule has 2 aliphatic heterocycles. The lowest BCUT2D eigenvalue weighted by molar-refractivity contribution is -0.284. The van der Waals surface area contributed by atoms with Crippen molar-refractivity contribution in [2.45, 2.75) is 38.1 Å². The summed E-state index contributed by atoms with van der Waals surface area (Å²) in [4.78, 5) is 11.7. The van der Waals surface area contributed by atoms with Crippen LogP contribution in [-0.4, -0.2) is 30.9 Å². The molecule has 0 N–H and O–H groups in total. The molecule has 2 aromatic rings. The van der Waals surface area contributed by atoms with E-state index in [0.717, 1.165) is 11.1 Å². The number of rotatable bonds is 5. The normalized spacial score (nSPS) is 26.4. The first kappa shape index (κ1) is 18.5. The van der Waals surface area contributed by atoms with Crippen molar-refractivity contribution in [2.24, 2.45) is 0 Å². The highest BCUT2D eigenvalue weighted by Gasteiger charge is 2.46. The lowest BCUT2D eigenvalue weighted by atomic mass is 10.0. The second-order valence-corrected chi connectivity index (χ2v) is 6.68. The van der Waals surface area contributed by atoms with E-state index >= 15 is 0 Å². The molecule has 6 heteroatoms. The number of carbonyl (C=O) groups is 1. The van der Waals surface area contributed by atoms with Crippen molar-refractivity contribution in [3.63, 3.8) is 0 Å². The third kappa shape index (κ3) is 4.18. The summed E-state index contributed by atoms with van der Waals surface area (Å²) in [5, 5.41) is 0. The summed E-state index contributed by atoms with van der Waals surface area (Å²) in [6.07, 6.45) is -0.674. The zero-order valence-corrected chi connectivity index (χ0v) is 15.5. The number of benzene rings is 2. The van der Waals surface area contributed by atoms with E-state index in [-0.39, 0.29) is 6.10 Å². The number of carbonyl (C=O) groups excluding carboxylic acids is 1. The monoisotopic (exact) mass is 382 g/mol. The van der Waals surface area contributed by atoms with Gasteiger partial charge in [-0.2, -0.15) is 0 Å². The molecule has 1 fully saturated rings. The quantitative estimate of drug-likeness (QED) is 0.738. The van der Waals surface area contributed by atoms with Crippen molar-refractivity contribution in [2.75, 3.05) is 6.61 Å². The van der Waals surface area contributed by atoms with Crippen LogP contribution in [0.5, 0.6) is 0 Å². The van der Waals surface area contributed by atoms with Gasteiger partial charge < -0.3 is 23.7 Å². The molecular formula is C22H22O6. The fourth-order valence-electron chi connectivity index (χ4n) is 3.26. The van der Waals surface area contributed by atoms with Crippen LogP contribution < -0.4 is 0 Å². The maximum absolute atomic E-state index is 11.7. The van der Waals surface area contributed by atoms with Crippen LogP contribution in [-0.2, 0) is 35.1 Å². The lowest BCUT2D eigenvalue weighted by Crippen LogP contribution is -2.52. The number of ether oxygens (including phenoxy) is 5. The Labute approximate surface area is 163 Å². The average Bonchev–Trinajstić information content (AvgIpc) is 2.74. The van der Waals surface area contributed by atoms with Gasteiger partial charge >= 0.3 is 5.97 Å². The third-order valence-electron chi connectivity index (χ3n) is 4.61. The van der Waals surface area contributed by atoms with Gasteiger partial charge in [0.1, 0.15) is 19.0 Å². The molecule has 4 atom stereocenters. The highest BCUT2D eigenvalue weighted by atomic mass is 16.7. The van der Waals surface area contributed by atoms with Crippen LogP contribution >= 0.6 is 0 Å². The van der Waals surface area contributed by atoms with Gasteiger partial charge in [-0.1, -0.05) is 60.7 Å². The molecule has 0 bridgehead atoms. The molecule has 0 radical (unpaired) electrons. The van der Waals surface area contributed by atoms with Crippen molar-refractivity contribution in [1.82, 2.24) is 0 Å². The first-order valence-corrected chi connectivity index (χ1v) is 9.22. The van der Waals surface area contributed by atoms with E-state index in [9.17, 15) is 4.79 Å². The molecule has 0 unspecified atom stereocenters. The zero-order valence-electron chi connectivity index (χ0n) is 15.5. The second-order valence-electron chi connectivity index (χ2n) is 6.68. The summed E-state index contributed by atoms with van der Waals surface area (Å²) in [5.41, 5.74) is 1.89. The van der Waals surface area contributed by atoms with Gasteiger partial charge in [-0.25, -0.2) is 0 Å². The average molecular weight is 382 g/mol. The Morgan fingerprint density at radius 3 is 2.50 bits per heavy atom. The number of hydrogen-bond donors (Lipinski definition) is 0. The van der Waals surface area contributed by atoms with Gasteiger partial charge in [-0.05, 0) is 5.56 Å². The molecule has 146 valence electrons. The first-order chi connectivity index (χ1) is 13.7. The van der Waals surface area contributed by atoms with Gasteiger partial charge in [0.15, 0.2) is 24.3 Å². The Balaban J connectivity index is 1.51. The van der Waals surface area contributed by atoms with Crippen molar-refractivity contribution < 1.29 is 28.5 Å². The van der Waals surface area contributed by atoms with Crippen LogP contribution in [0.1, 0.15) is 24.3 Å². The highest BCUT2D eigenvalue weighted by molar-refractivity contribution is 5.66. The predicted molar refractivity (Wildman–Crippen MR) is 99.7 cm³/mol. The van der Waals surface area contributed by atoms with E-state index in [4.69, 9.17) is 23.7 Å². The Morgan fingerprint density at radius 1 is 1.07 bits per heavy atom. The summed E-state index contributed by atoms with van der Waals surface area (Å²) in [5.74, 6) is 0.0141. The molecular weight excluding hydrogens is 360 g/mol. The fourth-order valence-corrected chi connectivity index (χ4v) is 3.26. The van der Waals surface area contributed by atoms with Gasteiger partial charge in [0.25, 0.3) is 0 Å². The van der Waals surface area contributed by atoms with Gasteiger partial charge in [0.2, 0.25) is 0 Å². The highest BCUT2D eigenvalue weighted by Crippen LogP contribution is 2.35. The van der Waals surface area contributed by atoms with Crippen LogP contribution in [0.4, 0.5) is 0 Å². The SMILES string of the molecule is CC(=O)O[C@@H]1C(OCc2ccccc2)=CO[C@@H]2CO[C@@H](c3ccccc3)O[C@@H]12. The van der Waals surface area contributed by atoms with Crippen LogP contribution in [0.2, 0.25) is 0 Å². The molecule has 0 spiro atoms. The minimum absolute atomic E-state index is 0.324. The Hall–Kier alpha value is -2.83. The Morgan fingerprint density at radius 2 is 1.79 bits per heavy atom. The molecule has 2 aliphatic rings. The molecule has 2 aromatic carbocycles. The van der Waals surface area contributed by atoms with E-state index in [1.54, 1.807) is 0 Å². The molecule has 0 amide bonds. The first-order valence-electron chi connectivity index (χ1n) is 9.22. The predicted octanol–water partition coefficient (Wildman–Crippen LogP) is 3.49. The maximum Gasteiger partial charge on any atom is 0.303 e. The number of esters is 1. The van der Waals surface area contributed by atoms with E-state index in [0.29, 0.717) is 19.0 Å². The largest absolute Gasteiger partial charge is 0.489 e. The number of fused-ring (bicyclic) bond motifs is 1. The molecule has 0 saturated carbocycles. The van der Waals surface area contributed by atoms with Crippen LogP contribution in [0.15, 0.2) is 72.7 Å². The molecule has 4 rings (SSSR count). The Bertz CT molecular complexity index is 819. The Kier molecular flexibility index (Phi) is 5.60. The summed E-state index contributed by atoms with van der Waals surface area (Å²) in [6.45, 7) is 2.03. The molecule has 2 heterocycles. The topological polar surface area (TPSA) is 63.2 Å². The van der Waals surface area contributed by atoms with E-state index < -0.39 is 24.5 Å². The fraction of sp³-hybridized carbons (Fsp3) is 0.318. The van der Waals surface area contributed by atoms with Crippen molar-refractivity contribution in [3.8, 4) is 0 Å². The molecule has 6 nitrogen and oxygen atoms in total.